The average molecular weight is 193 g/mol. The molecule has 0 bridgehead atoms. The van der Waals surface area contributed by atoms with Crippen LogP contribution in [0.5, 0.6) is 0 Å². The summed E-state index contributed by atoms with van der Waals surface area (Å²) in [6.45, 7) is 0.347. The summed E-state index contributed by atoms with van der Waals surface area (Å²) in [5.41, 5.74) is 0. The SMILES string of the molecule is Cn1nccc1NC(=O)NCCC#N. The molecule has 1 aromatic heterocycles. The van der Waals surface area contributed by atoms with Gasteiger partial charge in [0.25, 0.3) is 0 Å². The smallest absolute Gasteiger partial charge is 0.320 e. The second kappa shape index (κ2) is 4.87. The first-order valence-electron chi connectivity index (χ1n) is 4.14. The zero-order valence-electron chi connectivity index (χ0n) is 7.82. The van der Waals surface area contributed by atoms with Crippen LogP contribution in [0.3, 0.4) is 0 Å². The molecule has 1 rings (SSSR count). The predicted octanol–water partition coefficient (Wildman–Crippen LogP) is 0.455. The molecule has 0 atom stereocenters. The van der Waals surface area contributed by atoms with E-state index in [1.54, 1.807) is 24.0 Å². The maximum absolute atomic E-state index is 11.2. The van der Waals surface area contributed by atoms with E-state index in [4.69, 9.17) is 5.26 Å². The summed E-state index contributed by atoms with van der Waals surface area (Å²) in [7, 11) is 1.73. The number of amides is 2. The molecule has 0 radical (unpaired) electrons. The first-order valence-corrected chi connectivity index (χ1v) is 4.14. The molecule has 74 valence electrons. The Morgan fingerprint density at radius 1 is 1.79 bits per heavy atom. The molecule has 2 N–H and O–H groups in total. The second-order valence-corrected chi connectivity index (χ2v) is 2.63. The fraction of sp³-hybridized carbons (Fsp3) is 0.375. The van der Waals surface area contributed by atoms with Crippen molar-refractivity contribution in [1.82, 2.24) is 15.1 Å². The zero-order chi connectivity index (χ0) is 10.4. The second-order valence-electron chi connectivity index (χ2n) is 2.63. The number of aryl methyl sites for hydroxylation is 1. The van der Waals surface area contributed by atoms with Gasteiger partial charge in [-0.05, 0) is 0 Å². The van der Waals surface area contributed by atoms with E-state index >= 15 is 0 Å². The van der Waals surface area contributed by atoms with Gasteiger partial charge in [0.05, 0.1) is 18.7 Å². The van der Waals surface area contributed by atoms with Crippen LogP contribution in [-0.4, -0.2) is 22.4 Å². The minimum Gasteiger partial charge on any atom is -0.337 e. The van der Waals surface area contributed by atoms with E-state index in [0.29, 0.717) is 18.8 Å². The number of aromatic nitrogens is 2. The number of nitrogens with zero attached hydrogens (tertiary/aromatic N) is 3. The highest BCUT2D eigenvalue weighted by atomic mass is 16.2. The summed E-state index contributed by atoms with van der Waals surface area (Å²) in [5.74, 6) is 0.611. The van der Waals surface area contributed by atoms with Gasteiger partial charge in [0.1, 0.15) is 5.82 Å². The predicted molar refractivity (Wildman–Crippen MR) is 50.5 cm³/mol. The quantitative estimate of drug-likeness (QED) is 0.684. The number of nitrogens with one attached hydrogen (secondary N) is 2. The molecule has 0 aliphatic rings. The number of carbonyl (C=O) groups is 1. The van der Waals surface area contributed by atoms with Crippen molar-refractivity contribution < 1.29 is 4.79 Å². The van der Waals surface area contributed by atoms with Gasteiger partial charge >= 0.3 is 6.03 Å². The Hall–Kier alpha value is -2.03. The number of nitriles is 1. The standard InChI is InChI=1S/C8H11N5O/c1-13-7(3-6-11-13)12-8(14)10-5-2-4-9/h3,6H,2,5H2,1H3,(H2,10,12,14). The molecule has 2 amide bonds. The van der Waals surface area contributed by atoms with Gasteiger partial charge < -0.3 is 5.32 Å². The molecule has 1 heterocycles. The molecule has 0 unspecified atom stereocenters. The minimum atomic E-state index is -0.330. The fourth-order valence-corrected chi connectivity index (χ4v) is 0.889. The van der Waals surface area contributed by atoms with E-state index < -0.39 is 0 Å². The highest BCUT2D eigenvalue weighted by molar-refractivity contribution is 5.88. The topological polar surface area (TPSA) is 82.7 Å². The van der Waals surface area contributed by atoms with Gasteiger partial charge in [-0.25, -0.2) is 4.79 Å². The number of hydrogen-bond acceptors (Lipinski definition) is 3. The van der Waals surface area contributed by atoms with Crippen LogP contribution in [0.15, 0.2) is 12.3 Å². The van der Waals surface area contributed by atoms with E-state index in [-0.39, 0.29) is 6.03 Å². The van der Waals surface area contributed by atoms with Crippen molar-refractivity contribution in [3.05, 3.63) is 12.3 Å². The fourth-order valence-electron chi connectivity index (χ4n) is 0.889. The highest BCUT2D eigenvalue weighted by Gasteiger charge is 2.02. The van der Waals surface area contributed by atoms with Crippen molar-refractivity contribution in [2.24, 2.45) is 7.05 Å². The maximum atomic E-state index is 11.2. The number of rotatable bonds is 3. The lowest BCUT2D eigenvalue weighted by molar-refractivity contribution is 0.252. The summed E-state index contributed by atoms with van der Waals surface area (Å²) >= 11 is 0. The molecule has 0 spiro atoms. The Kier molecular flexibility index (Phi) is 3.49. The third-order valence-electron chi connectivity index (χ3n) is 1.58. The van der Waals surface area contributed by atoms with E-state index in [1.807, 2.05) is 6.07 Å². The van der Waals surface area contributed by atoms with E-state index in [1.165, 1.54) is 0 Å². The summed E-state index contributed by atoms with van der Waals surface area (Å²) in [6, 6.07) is 3.29. The average Bonchev–Trinajstić information content (AvgIpc) is 2.52. The molecule has 1 aromatic rings. The van der Waals surface area contributed by atoms with Crippen LogP contribution in [0, 0.1) is 11.3 Å². The molecule has 0 aromatic carbocycles. The Morgan fingerprint density at radius 2 is 2.57 bits per heavy atom. The Labute approximate surface area is 81.5 Å². The van der Waals surface area contributed by atoms with E-state index in [9.17, 15) is 4.79 Å². The number of urea groups is 1. The molecule has 0 saturated heterocycles. The van der Waals surface area contributed by atoms with Gasteiger partial charge in [0, 0.05) is 19.7 Å². The first kappa shape index (κ1) is 10.1. The minimum absolute atomic E-state index is 0.304. The van der Waals surface area contributed by atoms with Crippen molar-refractivity contribution in [1.29, 1.82) is 5.26 Å². The molecule has 0 fully saturated rings. The van der Waals surface area contributed by atoms with Crippen LogP contribution >= 0.6 is 0 Å². The molecular formula is C8H11N5O. The lowest BCUT2D eigenvalue weighted by Gasteiger charge is -2.05. The van der Waals surface area contributed by atoms with Crippen molar-refractivity contribution in [3.63, 3.8) is 0 Å². The van der Waals surface area contributed by atoms with Gasteiger partial charge in [-0.15, -0.1) is 0 Å². The third kappa shape index (κ3) is 2.79. The van der Waals surface area contributed by atoms with Gasteiger partial charge in [-0.3, -0.25) is 10.00 Å². The molecule has 6 nitrogen and oxygen atoms in total. The Bertz CT molecular complexity index is 351. The van der Waals surface area contributed by atoms with Crippen molar-refractivity contribution in [2.75, 3.05) is 11.9 Å². The van der Waals surface area contributed by atoms with Crippen LogP contribution in [0.4, 0.5) is 10.6 Å². The zero-order valence-corrected chi connectivity index (χ0v) is 7.82. The number of anilines is 1. The molecule has 6 heteroatoms. The lowest BCUT2D eigenvalue weighted by Crippen LogP contribution is -2.30. The van der Waals surface area contributed by atoms with Crippen molar-refractivity contribution in [3.8, 4) is 6.07 Å². The summed E-state index contributed by atoms with van der Waals surface area (Å²) in [5, 5.41) is 17.3. The summed E-state index contributed by atoms with van der Waals surface area (Å²) < 4.78 is 1.55. The maximum Gasteiger partial charge on any atom is 0.320 e. The van der Waals surface area contributed by atoms with Gasteiger partial charge in [-0.2, -0.15) is 10.4 Å². The number of carbonyl (C=O) groups excluding carboxylic acids is 1. The van der Waals surface area contributed by atoms with Crippen LogP contribution in [0.25, 0.3) is 0 Å². The summed E-state index contributed by atoms with van der Waals surface area (Å²) in [4.78, 5) is 11.2. The molecule has 0 saturated carbocycles. The lowest BCUT2D eigenvalue weighted by atomic mass is 10.5. The monoisotopic (exact) mass is 193 g/mol. The van der Waals surface area contributed by atoms with Crippen LogP contribution in [-0.2, 0) is 7.05 Å². The van der Waals surface area contributed by atoms with E-state index in [0.717, 1.165) is 0 Å². The molecule has 14 heavy (non-hydrogen) atoms. The summed E-state index contributed by atoms with van der Waals surface area (Å²) in [6.07, 6.45) is 1.89. The molecular weight excluding hydrogens is 182 g/mol. The Balaban J connectivity index is 2.35. The van der Waals surface area contributed by atoms with E-state index in [2.05, 4.69) is 15.7 Å². The van der Waals surface area contributed by atoms with Crippen molar-refractivity contribution in [2.45, 2.75) is 6.42 Å². The first-order chi connectivity index (χ1) is 6.74. The Morgan fingerprint density at radius 3 is 3.14 bits per heavy atom. The van der Waals surface area contributed by atoms with Gasteiger partial charge in [0.15, 0.2) is 0 Å². The van der Waals surface area contributed by atoms with Crippen LogP contribution < -0.4 is 10.6 Å². The van der Waals surface area contributed by atoms with Crippen molar-refractivity contribution >= 4 is 11.8 Å². The van der Waals surface area contributed by atoms with Crippen LogP contribution in [0.2, 0.25) is 0 Å². The largest absolute Gasteiger partial charge is 0.337 e. The molecule has 0 aliphatic heterocycles. The highest BCUT2D eigenvalue weighted by Crippen LogP contribution is 2.01. The normalized spacial score (nSPS) is 9.14. The molecule has 0 aliphatic carbocycles. The van der Waals surface area contributed by atoms with Gasteiger partial charge in [0.2, 0.25) is 0 Å². The van der Waals surface area contributed by atoms with Crippen LogP contribution in [0.1, 0.15) is 6.42 Å². The third-order valence-corrected chi connectivity index (χ3v) is 1.58. The van der Waals surface area contributed by atoms with Gasteiger partial charge in [-0.1, -0.05) is 0 Å². The number of hydrogen-bond donors (Lipinski definition) is 2.